The second kappa shape index (κ2) is 7.50. The number of carbonyl (C=O) groups is 1. The van der Waals surface area contributed by atoms with E-state index in [1.54, 1.807) is 11.8 Å². The Balaban J connectivity index is 1.73. The van der Waals surface area contributed by atoms with Crippen LogP contribution in [0.4, 0.5) is 5.69 Å². The number of ether oxygens (including phenoxy) is 1. The Morgan fingerprint density at radius 3 is 2.92 bits per heavy atom. The number of carbonyl (C=O) groups excluding carboxylic acids is 1. The van der Waals surface area contributed by atoms with Crippen molar-refractivity contribution < 1.29 is 9.53 Å². The summed E-state index contributed by atoms with van der Waals surface area (Å²) in [6.45, 7) is 5.05. The lowest BCUT2D eigenvalue weighted by Gasteiger charge is -2.33. The molecule has 0 aliphatic carbocycles. The van der Waals surface area contributed by atoms with Crippen molar-refractivity contribution in [3.63, 3.8) is 0 Å². The Kier molecular flexibility index (Phi) is 5.16. The highest BCUT2D eigenvalue weighted by Gasteiger charge is 2.22. The van der Waals surface area contributed by atoms with E-state index < -0.39 is 0 Å². The fraction of sp³-hybridized carbons (Fsp3) is 0.529. The monoisotopic (exact) mass is 344 g/mol. The maximum absolute atomic E-state index is 12.5. The number of likely N-dealkylation sites (tertiary alicyclic amines) is 1. The third-order valence-electron chi connectivity index (χ3n) is 4.60. The highest BCUT2D eigenvalue weighted by molar-refractivity contribution is 5.81. The van der Waals surface area contributed by atoms with Gasteiger partial charge in [0.05, 0.1) is 13.7 Å². The van der Waals surface area contributed by atoms with Gasteiger partial charge in [-0.25, -0.2) is 0 Å². The van der Waals surface area contributed by atoms with Gasteiger partial charge in [0.15, 0.2) is 5.82 Å². The van der Waals surface area contributed by atoms with Crippen LogP contribution in [0.3, 0.4) is 0 Å². The van der Waals surface area contributed by atoms with Crippen LogP contribution in [0.2, 0.25) is 0 Å². The number of nitrogens with zero attached hydrogens (tertiary/aromatic N) is 5. The third kappa shape index (κ3) is 3.72. The van der Waals surface area contributed by atoms with Crippen molar-refractivity contribution in [2.75, 3.05) is 25.5 Å². The van der Waals surface area contributed by atoms with E-state index in [1.165, 1.54) is 6.42 Å². The largest absolute Gasteiger partial charge is 0.494 e. The summed E-state index contributed by atoms with van der Waals surface area (Å²) in [6.07, 6.45) is 3.36. The maximum atomic E-state index is 12.5. The van der Waals surface area contributed by atoms with Crippen LogP contribution >= 0.6 is 0 Å². The molecule has 0 spiro atoms. The zero-order valence-electron chi connectivity index (χ0n) is 14.9. The first-order chi connectivity index (χ1) is 12.1. The van der Waals surface area contributed by atoms with Gasteiger partial charge < -0.3 is 15.0 Å². The summed E-state index contributed by atoms with van der Waals surface area (Å²) in [5.74, 6) is 1.45. The standard InChI is InChI=1S/C17H24N6O2/c1-12-6-4-5-9-22(12)17(24)11-18-14-7-8-16(25-3)15(10-14)23-13(2)19-20-21-23/h7-8,10,12,18H,4-6,9,11H2,1-3H3/t12-/m1/s1. The van der Waals surface area contributed by atoms with Gasteiger partial charge in [-0.05, 0) is 61.7 Å². The molecule has 25 heavy (non-hydrogen) atoms. The minimum absolute atomic E-state index is 0.128. The Morgan fingerprint density at radius 1 is 1.40 bits per heavy atom. The summed E-state index contributed by atoms with van der Waals surface area (Å²) in [6, 6.07) is 5.93. The van der Waals surface area contributed by atoms with Gasteiger partial charge >= 0.3 is 0 Å². The van der Waals surface area contributed by atoms with Crippen molar-refractivity contribution in [1.82, 2.24) is 25.1 Å². The molecule has 3 rings (SSSR count). The fourth-order valence-electron chi connectivity index (χ4n) is 3.17. The van der Waals surface area contributed by atoms with Crippen molar-refractivity contribution in [2.24, 2.45) is 0 Å². The second-order valence-corrected chi connectivity index (χ2v) is 6.31. The molecule has 0 unspecified atom stereocenters. The number of benzene rings is 1. The molecular formula is C17H24N6O2. The molecule has 0 saturated carbocycles. The van der Waals surface area contributed by atoms with Crippen LogP contribution in [-0.2, 0) is 4.79 Å². The molecule has 1 aromatic heterocycles. The van der Waals surface area contributed by atoms with Gasteiger partial charge in [0.2, 0.25) is 5.91 Å². The van der Waals surface area contributed by atoms with Crippen LogP contribution in [0, 0.1) is 6.92 Å². The molecule has 1 atom stereocenters. The number of anilines is 1. The first-order valence-electron chi connectivity index (χ1n) is 8.57. The van der Waals surface area contributed by atoms with Gasteiger partial charge in [-0.3, -0.25) is 4.79 Å². The molecule has 2 heterocycles. The average molecular weight is 344 g/mol. The number of nitrogens with one attached hydrogen (secondary N) is 1. The normalized spacial score (nSPS) is 17.4. The van der Waals surface area contributed by atoms with Crippen LogP contribution in [-0.4, -0.2) is 57.3 Å². The number of piperidine rings is 1. The van der Waals surface area contributed by atoms with Crippen molar-refractivity contribution >= 4 is 11.6 Å². The molecule has 1 amide bonds. The molecule has 1 aliphatic heterocycles. The summed E-state index contributed by atoms with van der Waals surface area (Å²) < 4.78 is 7.00. The lowest BCUT2D eigenvalue weighted by molar-refractivity contribution is -0.132. The number of hydrogen-bond donors (Lipinski definition) is 1. The van der Waals surface area contributed by atoms with Gasteiger partial charge in [0, 0.05) is 18.3 Å². The number of aromatic nitrogens is 4. The predicted molar refractivity (Wildman–Crippen MR) is 94.0 cm³/mol. The van der Waals surface area contributed by atoms with Crippen molar-refractivity contribution in [3.05, 3.63) is 24.0 Å². The van der Waals surface area contributed by atoms with E-state index in [-0.39, 0.29) is 12.5 Å². The molecule has 0 bridgehead atoms. The SMILES string of the molecule is COc1ccc(NCC(=O)N2CCCC[C@H]2C)cc1-n1nnnc1C. The topological polar surface area (TPSA) is 85.2 Å². The van der Waals surface area contributed by atoms with Crippen LogP contribution in [0.25, 0.3) is 5.69 Å². The quantitative estimate of drug-likeness (QED) is 0.890. The molecule has 1 saturated heterocycles. The van der Waals surface area contributed by atoms with E-state index in [0.717, 1.165) is 30.8 Å². The van der Waals surface area contributed by atoms with E-state index >= 15 is 0 Å². The molecule has 8 nitrogen and oxygen atoms in total. The molecular weight excluding hydrogens is 320 g/mol. The number of amides is 1. The summed E-state index contributed by atoms with van der Waals surface area (Å²) in [4.78, 5) is 14.4. The van der Waals surface area contributed by atoms with Crippen molar-refractivity contribution in [2.45, 2.75) is 39.2 Å². The van der Waals surface area contributed by atoms with Gasteiger partial charge in [-0.15, -0.1) is 5.10 Å². The molecule has 1 fully saturated rings. The molecule has 2 aromatic rings. The van der Waals surface area contributed by atoms with Crippen LogP contribution < -0.4 is 10.1 Å². The number of methoxy groups -OCH3 is 1. The van der Waals surface area contributed by atoms with E-state index in [2.05, 4.69) is 27.8 Å². The Bertz CT molecular complexity index is 744. The minimum Gasteiger partial charge on any atom is -0.494 e. The van der Waals surface area contributed by atoms with E-state index in [1.807, 2.05) is 30.0 Å². The number of rotatable bonds is 5. The van der Waals surface area contributed by atoms with Crippen LogP contribution in [0.1, 0.15) is 32.0 Å². The van der Waals surface area contributed by atoms with Gasteiger partial charge in [-0.1, -0.05) is 0 Å². The first kappa shape index (κ1) is 17.2. The molecule has 1 aromatic carbocycles. The van der Waals surface area contributed by atoms with Gasteiger partial charge in [0.25, 0.3) is 0 Å². The van der Waals surface area contributed by atoms with Crippen molar-refractivity contribution in [3.8, 4) is 11.4 Å². The van der Waals surface area contributed by atoms with Crippen LogP contribution in [0.5, 0.6) is 5.75 Å². The lowest BCUT2D eigenvalue weighted by Crippen LogP contribution is -2.44. The zero-order chi connectivity index (χ0) is 17.8. The van der Waals surface area contributed by atoms with Crippen LogP contribution in [0.15, 0.2) is 18.2 Å². The lowest BCUT2D eigenvalue weighted by atomic mass is 10.0. The molecule has 1 N–H and O–H groups in total. The highest BCUT2D eigenvalue weighted by atomic mass is 16.5. The van der Waals surface area contributed by atoms with Gasteiger partial charge in [0.1, 0.15) is 11.4 Å². The smallest absolute Gasteiger partial charge is 0.242 e. The Morgan fingerprint density at radius 2 is 2.24 bits per heavy atom. The average Bonchev–Trinajstić information content (AvgIpc) is 3.05. The Labute approximate surface area is 147 Å². The first-order valence-corrected chi connectivity index (χ1v) is 8.57. The highest BCUT2D eigenvalue weighted by Crippen LogP contribution is 2.26. The van der Waals surface area contributed by atoms with Gasteiger partial charge in [-0.2, -0.15) is 4.68 Å². The Hall–Kier alpha value is -2.64. The van der Waals surface area contributed by atoms with E-state index in [9.17, 15) is 4.79 Å². The second-order valence-electron chi connectivity index (χ2n) is 6.31. The predicted octanol–water partition coefficient (Wildman–Crippen LogP) is 1.79. The summed E-state index contributed by atoms with van der Waals surface area (Å²) in [5, 5.41) is 14.8. The third-order valence-corrected chi connectivity index (χ3v) is 4.60. The van der Waals surface area contributed by atoms with E-state index in [0.29, 0.717) is 17.6 Å². The summed E-state index contributed by atoms with van der Waals surface area (Å²) in [7, 11) is 1.60. The van der Waals surface area contributed by atoms with Crippen molar-refractivity contribution in [1.29, 1.82) is 0 Å². The van der Waals surface area contributed by atoms with E-state index in [4.69, 9.17) is 4.74 Å². The fourth-order valence-corrected chi connectivity index (χ4v) is 3.17. The maximum Gasteiger partial charge on any atom is 0.242 e. The molecule has 8 heteroatoms. The number of tetrazole rings is 1. The molecule has 1 aliphatic rings. The number of hydrogen-bond acceptors (Lipinski definition) is 6. The minimum atomic E-state index is 0.128. The molecule has 134 valence electrons. The molecule has 0 radical (unpaired) electrons. The zero-order valence-corrected chi connectivity index (χ0v) is 14.9. The number of aryl methyl sites for hydroxylation is 1. The summed E-state index contributed by atoms with van der Waals surface area (Å²) in [5.41, 5.74) is 1.55. The summed E-state index contributed by atoms with van der Waals surface area (Å²) >= 11 is 0.